The first-order valence-electron chi connectivity index (χ1n) is 5.87. The van der Waals surface area contributed by atoms with Crippen LogP contribution in [-0.2, 0) is 4.74 Å². The van der Waals surface area contributed by atoms with E-state index in [2.05, 4.69) is 15.3 Å². The summed E-state index contributed by atoms with van der Waals surface area (Å²) in [7, 11) is 0. The first kappa shape index (κ1) is 11.3. The van der Waals surface area contributed by atoms with Gasteiger partial charge in [0.25, 0.3) is 0 Å². The van der Waals surface area contributed by atoms with Gasteiger partial charge in [-0.2, -0.15) is 0 Å². The molecule has 1 atom stereocenters. The predicted octanol–water partition coefficient (Wildman–Crippen LogP) is 1.93. The van der Waals surface area contributed by atoms with Gasteiger partial charge in [0.2, 0.25) is 0 Å². The molecule has 0 aliphatic carbocycles. The van der Waals surface area contributed by atoms with Gasteiger partial charge in [-0.25, -0.2) is 4.98 Å². The van der Waals surface area contributed by atoms with Crippen molar-refractivity contribution in [1.29, 1.82) is 0 Å². The normalized spacial score (nSPS) is 20.8. The molecule has 1 fully saturated rings. The number of anilines is 1. The van der Waals surface area contributed by atoms with Crippen molar-refractivity contribution < 1.29 is 4.74 Å². The van der Waals surface area contributed by atoms with Crippen LogP contribution in [0.5, 0.6) is 0 Å². The Morgan fingerprint density at radius 3 is 3.12 bits per heavy atom. The number of ether oxygens (including phenoxy) is 1. The molecule has 0 radical (unpaired) electrons. The van der Waals surface area contributed by atoms with Gasteiger partial charge in [-0.15, -0.1) is 0 Å². The molecule has 0 bridgehead atoms. The van der Waals surface area contributed by atoms with Gasteiger partial charge in [-0.05, 0) is 32.6 Å². The van der Waals surface area contributed by atoms with Crippen LogP contribution in [0.1, 0.15) is 24.2 Å². The summed E-state index contributed by atoms with van der Waals surface area (Å²) in [5.74, 6) is 1.51. The second-order valence-electron chi connectivity index (χ2n) is 4.41. The van der Waals surface area contributed by atoms with Crippen LogP contribution in [0.2, 0.25) is 0 Å². The third kappa shape index (κ3) is 2.92. The smallest absolute Gasteiger partial charge is 0.147 e. The van der Waals surface area contributed by atoms with Crippen molar-refractivity contribution in [1.82, 2.24) is 9.97 Å². The predicted molar refractivity (Wildman–Crippen MR) is 63.5 cm³/mol. The van der Waals surface area contributed by atoms with Crippen LogP contribution in [-0.4, -0.2) is 29.7 Å². The van der Waals surface area contributed by atoms with E-state index < -0.39 is 0 Å². The highest BCUT2D eigenvalue weighted by molar-refractivity contribution is 5.39. The molecule has 2 rings (SSSR count). The molecule has 1 unspecified atom stereocenters. The van der Waals surface area contributed by atoms with Crippen LogP contribution in [0.3, 0.4) is 0 Å². The van der Waals surface area contributed by atoms with Crippen molar-refractivity contribution in [3.63, 3.8) is 0 Å². The molecule has 1 N–H and O–H groups in total. The van der Waals surface area contributed by atoms with E-state index in [1.165, 1.54) is 12.8 Å². The minimum atomic E-state index is 0.607. The lowest BCUT2D eigenvalue weighted by Gasteiger charge is -2.22. The number of hydrogen-bond acceptors (Lipinski definition) is 4. The minimum absolute atomic E-state index is 0.607. The van der Waals surface area contributed by atoms with Gasteiger partial charge in [0.1, 0.15) is 5.82 Å². The standard InChI is InChI=1S/C12H19N3O/c1-9-6-13-10(2)12(15-9)14-7-11-4-3-5-16-8-11/h6,11H,3-5,7-8H2,1-2H3,(H,14,15). The highest BCUT2D eigenvalue weighted by Gasteiger charge is 2.14. The second kappa shape index (κ2) is 5.25. The van der Waals surface area contributed by atoms with Gasteiger partial charge < -0.3 is 10.1 Å². The summed E-state index contributed by atoms with van der Waals surface area (Å²) in [6.45, 7) is 6.65. The highest BCUT2D eigenvalue weighted by Crippen LogP contribution is 2.15. The Balaban J connectivity index is 1.90. The van der Waals surface area contributed by atoms with E-state index in [0.717, 1.165) is 37.0 Å². The zero-order valence-electron chi connectivity index (χ0n) is 9.99. The third-order valence-corrected chi connectivity index (χ3v) is 2.89. The van der Waals surface area contributed by atoms with Crippen LogP contribution in [0.25, 0.3) is 0 Å². The Kier molecular flexibility index (Phi) is 3.72. The molecular formula is C12H19N3O. The molecule has 16 heavy (non-hydrogen) atoms. The van der Waals surface area contributed by atoms with Crippen molar-refractivity contribution in [3.8, 4) is 0 Å². The average Bonchev–Trinajstić information content (AvgIpc) is 2.32. The topological polar surface area (TPSA) is 47.0 Å². The quantitative estimate of drug-likeness (QED) is 0.847. The van der Waals surface area contributed by atoms with Crippen molar-refractivity contribution >= 4 is 5.82 Å². The molecule has 1 aromatic heterocycles. The lowest BCUT2D eigenvalue weighted by atomic mass is 10.0. The fourth-order valence-electron chi connectivity index (χ4n) is 1.91. The van der Waals surface area contributed by atoms with Crippen LogP contribution in [0, 0.1) is 19.8 Å². The summed E-state index contributed by atoms with van der Waals surface area (Å²) < 4.78 is 5.45. The number of aryl methyl sites for hydroxylation is 2. The summed E-state index contributed by atoms with van der Waals surface area (Å²) in [5, 5.41) is 3.37. The minimum Gasteiger partial charge on any atom is -0.381 e. The number of hydrogen-bond donors (Lipinski definition) is 1. The highest BCUT2D eigenvalue weighted by atomic mass is 16.5. The SMILES string of the molecule is Cc1cnc(C)c(NCC2CCCOC2)n1. The molecule has 88 valence electrons. The Labute approximate surface area is 96.4 Å². The van der Waals surface area contributed by atoms with Crippen molar-refractivity contribution in [2.24, 2.45) is 5.92 Å². The van der Waals surface area contributed by atoms with E-state index in [-0.39, 0.29) is 0 Å². The Morgan fingerprint density at radius 1 is 1.50 bits per heavy atom. The van der Waals surface area contributed by atoms with Gasteiger partial charge in [0.15, 0.2) is 0 Å². The molecule has 1 aromatic rings. The van der Waals surface area contributed by atoms with Crippen molar-refractivity contribution in [2.45, 2.75) is 26.7 Å². The molecule has 2 heterocycles. The number of aromatic nitrogens is 2. The van der Waals surface area contributed by atoms with Gasteiger partial charge in [0, 0.05) is 19.3 Å². The molecule has 4 nitrogen and oxygen atoms in total. The van der Waals surface area contributed by atoms with E-state index in [0.29, 0.717) is 5.92 Å². The van der Waals surface area contributed by atoms with E-state index in [1.54, 1.807) is 6.20 Å². The van der Waals surface area contributed by atoms with E-state index >= 15 is 0 Å². The summed E-state index contributed by atoms with van der Waals surface area (Å²) in [6.07, 6.45) is 4.21. The molecule has 1 aliphatic heterocycles. The molecule has 1 aliphatic rings. The van der Waals surface area contributed by atoms with Crippen molar-refractivity contribution in [2.75, 3.05) is 25.1 Å². The van der Waals surface area contributed by atoms with Crippen LogP contribution in [0.15, 0.2) is 6.20 Å². The summed E-state index contributed by atoms with van der Waals surface area (Å²) in [5.41, 5.74) is 1.91. The summed E-state index contributed by atoms with van der Waals surface area (Å²) in [6, 6.07) is 0. The summed E-state index contributed by atoms with van der Waals surface area (Å²) >= 11 is 0. The molecule has 0 aromatic carbocycles. The Hall–Kier alpha value is -1.16. The van der Waals surface area contributed by atoms with E-state index in [1.807, 2.05) is 13.8 Å². The largest absolute Gasteiger partial charge is 0.381 e. The monoisotopic (exact) mass is 221 g/mol. The zero-order valence-corrected chi connectivity index (χ0v) is 9.99. The fraction of sp³-hybridized carbons (Fsp3) is 0.667. The van der Waals surface area contributed by atoms with Crippen LogP contribution in [0.4, 0.5) is 5.82 Å². The van der Waals surface area contributed by atoms with Gasteiger partial charge >= 0.3 is 0 Å². The van der Waals surface area contributed by atoms with Crippen LogP contribution >= 0.6 is 0 Å². The van der Waals surface area contributed by atoms with E-state index in [4.69, 9.17) is 4.74 Å². The molecular weight excluding hydrogens is 202 g/mol. The lowest BCUT2D eigenvalue weighted by Crippen LogP contribution is -2.25. The Morgan fingerprint density at radius 2 is 2.38 bits per heavy atom. The maximum absolute atomic E-state index is 5.45. The van der Waals surface area contributed by atoms with Crippen molar-refractivity contribution in [3.05, 3.63) is 17.6 Å². The first-order chi connectivity index (χ1) is 7.75. The van der Waals surface area contributed by atoms with E-state index in [9.17, 15) is 0 Å². The zero-order chi connectivity index (χ0) is 11.4. The third-order valence-electron chi connectivity index (χ3n) is 2.89. The van der Waals surface area contributed by atoms with Gasteiger partial charge in [0.05, 0.1) is 18.0 Å². The fourth-order valence-corrected chi connectivity index (χ4v) is 1.91. The number of nitrogens with one attached hydrogen (secondary N) is 1. The number of nitrogens with zero attached hydrogens (tertiary/aromatic N) is 2. The second-order valence-corrected chi connectivity index (χ2v) is 4.41. The molecule has 0 spiro atoms. The summed E-state index contributed by atoms with van der Waals surface area (Å²) in [4.78, 5) is 8.73. The molecule has 1 saturated heterocycles. The first-order valence-corrected chi connectivity index (χ1v) is 5.87. The molecule has 0 amide bonds. The van der Waals surface area contributed by atoms with Crippen LogP contribution < -0.4 is 5.32 Å². The number of rotatable bonds is 3. The average molecular weight is 221 g/mol. The van der Waals surface area contributed by atoms with Gasteiger partial charge in [-0.1, -0.05) is 0 Å². The Bertz CT molecular complexity index is 348. The maximum atomic E-state index is 5.45. The molecule has 4 heteroatoms. The lowest BCUT2D eigenvalue weighted by molar-refractivity contribution is 0.0594. The molecule has 0 saturated carbocycles. The van der Waals surface area contributed by atoms with Gasteiger partial charge in [-0.3, -0.25) is 4.98 Å². The maximum Gasteiger partial charge on any atom is 0.147 e.